The Morgan fingerprint density at radius 2 is 2.15 bits per heavy atom. The topological polar surface area (TPSA) is 47.1 Å². The smallest absolute Gasteiger partial charge is 0.122 e. The van der Waals surface area contributed by atoms with Gasteiger partial charge >= 0.3 is 0 Å². The van der Waals surface area contributed by atoms with Crippen molar-refractivity contribution in [3.63, 3.8) is 0 Å². The van der Waals surface area contributed by atoms with Gasteiger partial charge in [0.05, 0.1) is 6.54 Å². The molecule has 0 saturated heterocycles. The van der Waals surface area contributed by atoms with Crippen LogP contribution in [-0.2, 0) is 13.1 Å². The molecule has 0 bridgehead atoms. The summed E-state index contributed by atoms with van der Waals surface area (Å²) in [5, 5.41) is 0. The molecule has 1 unspecified atom stereocenters. The van der Waals surface area contributed by atoms with E-state index in [1.165, 1.54) is 16.7 Å². The van der Waals surface area contributed by atoms with Crippen molar-refractivity contribution in [1.82, 2.24) is 14.5 Å². The maximum atomic E-state index is 6.08. The molecule has 2 aromatic rings. The lowest BCUT2D eigenvalue weighted by atomic mass is 9.96. The molecule has 20 heavy (non-hydrogen) atoms. The number of hydrogen-bond donors (Lipinski definition) is 1. The molecule has 4 nitrogen and oxygen atoms in total. The van der Waals surface area contributed by atoms with Crippen LogP contribution < -0.4 is 5.73 Å². The molecule has 0 fully saturated rings. The van der Waals surface area contributed by atoms with E-state index in [2.05, 4.69) is 52.7 Å². The van der Waals surface area contributed by atoms with E-state index in [-0.39, 0.29) is 6.04 Å². The zero-order valence-corrected chi connectivity index (χ0v) is 12.2. The largest absolute Gasteiger partial charge is 0.333 e. The van der Waals surface area contributed by atoms with Gasteiger partial charge in [-0.3, -0.25) is 4.90 Å². The molecule has 1 aliphatic rings. The molecule has 3 rings (SSSR count). The maximum Gasteiger partial charge on any atom is 0.122 e. The SMILES string of the molecule is Cc1cccc(C(CN)N2CCn3ccnc3C2)c1C. The van der Waals surface area contributed by atoms with Crippen molar-refractivity contribution in [2.24, 2.45) is 5.73 Å². The predicted molar refractivity (Wildman–Crippen MR) is 80.3 cm³/mol. The Morgan fingerprint density at radius 3 is 2.95 bits per heavy atom. The minimum absolute atomic E-state index is 0.278. The maximum absolute atomic E-state index is 6.08. The molecular weight excluding hydrogens is 248 g/mol. The van der Waals surface area contributed by atoms with Gasteiger partial charge in [0, 0.05) is 38.1 Å². The molecule has 1 aromatic carbocycles. The fourth-order valence-electron chi connectivity index (χ4n) is 3.07. The molecule has 0 aliphatic carbocycles. The fraction of sp³-hybridized carbons (Fsp3) is 0.438. The molecule has 0 saturated carbocycles. The Hall–Kier alpha value is -1.65. The second-order valence-electron chi connectivity index (χ2n) is 5.55. The molecule has 106 valence electrons. The molecule has 1 atom stereocenters. The van der Waals surface area contributed by atoms with Gasteiger partial charge in [-0.25, -0.2) is 4.98 Å². The highest BCUT2D eigenvalue weighted by Gasteiger charge is 2.25. The standard InChI is InChI=1S/C16H22N4/c1-12-4-3-5-14(13(12)2)15(10-17)20-9-8-19-7-6-18-16(19)11-20/h3-7,15H,8-11,17H2,1-2H3. The third-order valence-electron chi connectivity index (χ3n) is 4.44. The van der Waals surface area contributed by atoms with Crippen LogP contribution >= 0.6 is 0 Å². The quantitative estimate of drug-likeness (QED) is 0.928. The first-order valence-electron chi connectivity index (χ1n) is 7.21. The predicted octanol–water partition coefficient (Wildman–Crippen LogP) is 2.02. The van der Waals surface area contributed by atoms with E-state index in [4.69, 9.17) is 5.73 Å². The first kappa shape index (κ1) is 13.3. The number of hydrogen-bond acceptors (Lipinski definition) is 3. The molecule has 4 heteroatoms. The van der Waals surface area contributed by atoms with Crippen molar-refractivity contribution < 1.29 is 0 Å². The molecule has 1 aromatic heterocycles. The van der Waals surface area contributed by atoms with Gasteiger partial charge in [-0.2, -0.15) is 0 Å². The second kappa shape index (κ2) is 5.38. The van der Waals surface area contributed by atoms with Gasteiger partial charge in [-0.1, -0.05) is 18.2 Å². The Morgan fingerprint density at radius 1 is 1.30 bits per heavy atom. The van der Waals surface area contributed by atoms with Crippen molar-refractivity contribution in [3.05, 3.63) is 53.1 Å². The third kappa shape index (κ3) is 2.25. The zero-order valence-electron chi connectivity index (χ0n) is 12.2. The summed E-state index contributed by atoms with van der Waals surface area (Å²) in [7, 11) is 0. The van der Waals surface area contributed by atoms with Crippen LogP contribution in [0.15, 0.2) is 30.6 Å². The Labute approximate surface area is 120 Å². The average molecular weight is 270 g/mol. The minimum Gasteiger partial charge on any atom is -0.333 e. The van der Waals surface area contributed by atoms with Crippen LogP contribution in [0.2, 0.25) is 0 Å². The van der Waals surface area contributed by atoms with E-state index >= 15 is 0 Å². The van der Waals surface area contributed by atoms with Crippen LogP contribution in [0.5, 0.6) is 0 Å². The number of benzene rings is 1. The van der Waals surface area contributed by atoms with Crippen LogP contribution in [0.25, 0.3) is 0 Å². The Balaban J connectivity index is 1.89. The summed E-state index contributed by atoms with van der Waals surface area (Å²) in [6.45, 7) is 7.90. The molecule has 2 heterocycles. The number of nitrogens with two attached hydrogens (primary N) is 1. The van der Waals surface area contributed by atoms with E-state index in [1.807, 2.05) is 6.20 Å². The van der Waals surface area contributed by atoms with E-state index in [1.54, 1.807) is 0 Å². The normalized spacial score (nSPS) is 16.9. The lowest BCUT2D eigenvalue weighted by Gasteiger charge is -2.35. The van der Waals surface area contributed by atoms with Crippen LogP contribution in [0.3, 0.4) is 0 Å². The second-order valence-corrected chi connectivity index (χ2v) is 5.55. The number of imidazole rings is 1. The van der Waals surface area contributed by atoms with E-state index < -0.39 is 0 Å². The van der Waals surface area contributed by atoms with Crippen molar-refractivity contribution in [3.8, 4) is 0 Å². The highest BCUT2D eigenvalue weighted by molar-refractivity contribution is 5.35. The van der Waals surface area contributed by atoms with Crippen molar-refractivity contribution in [2.45, 2.75) is 33.0 Å². The fourth-order valence-corrected chi connectivity index (χ4v) is 3.07. The van der Waals surface area contributed by atoms with Gasteiger partial charge in [0.1, 0.15) is 5.82 Å². The number of aromatic nitrogens is 2. The lowest BCUT2D eigenvalue weighted by Crippen LogP contribution is -2.40. The average Bonchev–Trinajstić information content (AvgIpc) is 2.92. The summed E-state index contributed by atoms with van der Waals surface area (Å²) < 4.78 is 2.23. The van der Waals surface area contributed by atoms with Gasteiger partial charge in [-0.15, -0.1) is 0 Å². The number of nitrogens with zero attached hydrogens (tertiary/aromatic N) is 3. The molecule has 0 amide bonds. The molecular formula is C16H22N4. The molecule has 2 N–H and O–H groups in total. The molecule has 0 spiro atoms. The third-order valence-corrected chi connectivity index (χ3v) is 4.44. The Bertz CT molecular complexity index is 602. The van der Waals surface area contributed by atoms with Crippen molar-refractivity contribution in [2.75, 3.05) is 13.1 Å². The summed E-state index contributed by atoms with van der Waals surface area (Å²) in [5.74, 6) is 1.14. The summed E-state index contributed by atoms with van der Waals surface area (Å²) in [4.78, 5) is 6.89. The van der Waals surface area contributed by atoms with Crippen LogP contribution in [0.1, 0.15) is 28.6 Å². The number of rotatable bonds is 3. The summed E-state index contributed by atoms with van der Waals surface area (Å²) >= 11 is 0. The highest BCUT2D eigenvalue weighted by Crippen LogP contribution is 2.27. The summed E-state index contributed by atoms with van der Waals surface area (Å²) in [6.07, 6.45) is 3.94. The first-order chi connectivity index (χ1) is 9.70. The van der Waals surface area contributed by atoms with Gasteiger partial charge in [0.25, 0.3) is 0 Å². The van der Waals surface area contributed by atoms with Crippen LogP contribution in [0.4, 0.5) is 0 Å². The van der Waals surface area contributed by atoms with Gasteiger partial charge in [0.15, 0.2) is 0 Å². The van der Waals surface area contributed by atoms with Crippen LogP contribution in [0, 0.1) is 13.8 Å². The van der Waals surface area contributed by atoms with Gasteiger partial charge in [-0.05, 0) is 30.5 Å². The van der Waals surface area contributed by atoms with Gasteiger partial charge in [0.2, 0.25) is 0 Å². The van der Waals surface area contributed by atoms with E-state index in [9.17, 15) is 0 Å². The van der Waals surface area contributed by atoms with Crippen molar-refractivity contribution >= 4 is 0 Å². The first-order valence-corrected chi connectivity index (χ1v) is 7.21. The van der Waals surface area contributed by atoms with E-state index in [0.717, 1.165) is 25.5 Å². The van der Waals surface area contributed by atoms with Crippen LogP contribution in [-0.4, -0.2) is 27.5 Å². The summed E-state index contributed by atoms with van der Waals surface area (Å²) in [6, 6.07) is 6.78. The minimum atomic E-state index is 0.278. The number of fused-ring (bicyclic) bond motifs is 1. The summed E-state index contributed by atoms with van der Waals surface area (Å²) in [5.41, 5.74) is 10.1. The van der Waals surface area contributed by atoms with Gasteiger partial charge < -0.3 is 10.3 Å². The molecule has 0 radical (unpaired) electrons. The number of aryl methyl sites for hydroxylation is 1. The Kier molecular flexibility index (Phi) is 3.59. The molecule has 1 aliphatic heterocycles. The van der Waals surface area contributed by atoms with E-state index in [0.29, 0.717) is 6.54 Å². The lowest BCUT2D eigenvalue weighted by molar-refractivity contribution is 0.156. The zero-order chi connectivity index (χ0) is 14.1. The van der Waals surface area contributed by atoms with Crippen molar-refractivity contribution in [1.29, 1.82) is 0 Å². The monoisotopic (exact) mass is 270 g/mol. The highest BCUT2D eigenvalue weighted by atomic mass is 15.3.